The average Bonchev–Trinajstić information content (AvgIpc) is 1.88. The minimum Gasteiger partial charge on any atom is -0.483 e. The van der Waals surface area contributed by atoms with Crippen LogP contribution in [0.3, 0.4) is 0 Å². The first-order valence-corrected chi connectivity index (χ1v) is 2.98. The maximum Gasteiger partial charge on any atom is 0.300 e. The van der Waals surface area contributed by atoms with E-state index in [1.54, 1.807) is 0 Å². The molecule has 0 saturated heterocycles. The van der Waals surface area contributed by atoms with Crippen LogP contribution in [-0.4, -0.2) is 45.6 Å². The summed E-state index contributed by atoms with van der Waals surface area (Å²) in [5.74, 6) is -0.833. The number of carbonyl (C=O) groups is 2. The normalized spacial score (nSPS) is 9.33. The van der Waals surface area contributed by atoms with Gasteiger partial charge in [-0.1, -0.05) is 0 Å². The number of aliphatic carboxylic acids is 1. The van der Waals surface area contributed by atoms with Gasteiger partial charge in [0.25, 0.3) is 12.4 Å². The summed E-state index contributed by atoms with van der Waals surface area (Å²) in [5.41, 5.74) is 0. The minimum absolute atomic E-state index is 0.139. The SMILES string of the molecule is CC(=O)O.CC(O)CO.O=CO. The van der Waals surface area contributed by atoms with Gasteiger partial charge in [0.15, 0.2) is 0 Å². The molecule has 0 aromatic heterocycles. The van der Waals surface area contributed by atoms with Crippen LogP contribution in [0.15, 0.2) is 0 Å². The van der Waals surface area contributed by atoms with E-state index in [0.29, 0.717) is 0 Å². The first-order chi connectivity index (χ1) is 5.42. The number of carboxylic acid groups (broad SMARTS) is 2. The Balaban J connectivity index is -0.000000105. The highest BCUT2D eigenvalue weighted by Crippen LogP contribution is 1.68. The van der Waals surface area contributed by atoms with E-state index in [2.05, 4.69) is 0 Å². The zero-order chi connectivity index (χ0) is 10.6. The maximum atomic E-state index is 9.00. The Morgan fingerprint density at radius 2 is 1.67 bits per heavy atom. The van der Waals surface area contributed by atoms with Crippen LogP contribution in [-0.2, 0) is 9.59 Å². The van der Waals surface area contributed by atoms with Gasteiger partial charge in [-0.15, -0.1) is 0 Å². The lowest BCUT2D eigenvalue weighted by Crippen LogP contribution is -2.03. The van der Waals surface area contributed by atoms with Crippen molar-refractivity contribution in [1.82, 2.24) is 0 Å². The lowest BCUT2D eigenvalue weighted by Gasteiger charge is -1.90. The molecule has 0 aliphatic rings. The summed E-state index contributed by atoms with van der Waals surface area (Å²) in [6, 6.07) is 0. The molecule has 0 bridgehead atoms. The van der Waals surface area contributed by atoms with Crippen molar-refractivity contribution in [3.8, 4) is 0 Å². The van der Waals surface area contributed by atoms with Crippen molar-refractivity contribution in [1.29, 1.82) is 0 Å². The average molecular weight is 182 g/mol. The molecular weight excluding hydrogens is 168 g/mol. The van der Waals surface area contributed by atoms with Crippen molar-refractivity contribution in [3.05, 3.63) is 0 Å². The minimum atomic E-state index is -0.833. The second kappa shape index (κ2) is 16.4. The molecule has 0 heterocycles. The molecule has 0 amide bonds. The number of aliphatic hydroxyl groups is 2. The molecule has 0 rings (SSSR count). The maximum absolute atomic E-state index is 9.00. The number of hydrogen-bond acceptors (Lipinski definition) is 4. The lowest BCUT2D eigenvalue weighted by atomic mass is 10.5. The molecule has 0 fully saturated rings. The molecule has 12 heavy (non-hydrogen) atoms. The Kier molecular flexibility index (Phi) is 23.4. The van der Waals surface area contributed by atoms with Gasteiger partial charge in [-0.2, -0.15) is 0 Å². The van der Waals surface area contributed by atoms with Crippen LogP contribution in [0.5, 0.6) is 0 Å². The largest absolute Gasteiger partial charge is 0.483 e. The van der Waals surface area contributed by atoms with Gasteiger partial charge in [0.1, 0.15) is 0 Å². The van der Waals surface area contributed by atoms with E-state index in [1.165, 1.54) is 6.92 Å². The topological polar surface area (TPSA) is 115 Å². The first kappa shape index (κ1) is 17.1. The molecule has 6 nitrogen and oxygen atoms in total. The Labute approximate surface area is 70.1 Å². The Morgan fingerprint density at radius 3 is 1.67 bits per heavy atom. The van der Waals surface area contributed by atoms with E-state index in [9.17, 15) is 0 Å². The van der Waals surface area contributed by atoms with Crippen molar-refractivity contribution in [2.75, 3.05) is 6.61 Å². The summed E-state index contributed by atoms with van der Waals surface area (Å²) in [4.78, 5) is 17.4. The summed E-state index contributed by atoms with van der Waals surface area (Å²) in [6.07, 6.45) is -0.560. The first-order valence-electron chi connectivity index (χ1n) is 2.98. The van der Waals surface area contributed by atoms with E-state index >= 15 is 0 Å². The van der Waals surface area contributed by atoms with Gasteiger partial charge in [-0.3, -0.25) is 9.59 Å². The van der Waals surface area contributed by atoms with Gasteiger partial charge < -0.3 is 20.4 Å². The standard InChI is InChI=1S/C3H8O2.C2H4O2.CH2O2/c1-3(5)2-4;1-2(3)4;2-1-3/h3-5H,2H2,1H3;1H3,(H,3,4);1H,(H,2,3). The third-order valence-corrected chi connectivity index (χ3v) is 0.264. The Bertz CT molecular complexity index is 96.2. The fourth-order valence-corrected chi connectivity index (χ4v) is 0. The summed E-state index contributed by atoms with van der Waals surface area (Å²) in [6.45, 7) is 2.22. The third-order valence-electron chi connectivity index (χ3n) is 0.264. The highest BCUT2D eigenvalue weighted by atomic mass is 16.4. The Morgan fingerprint density at radius 1 is 1.58 bits per heavy atom. The van der Waals surface area contributed by atoms with E-state index in [0.717, 1.165) is 6.92 Å². The van der Waals surface area contributed by atoms with Crippen LogP contribution in [0.1, 0.15) is 13.8 Å². The molecule has 0 aliphatic heterocycles. The fourth-order valence-electron chi connectivity index (χ4n) is 0. The van der Waals surface area contributed by atoms with E-state index < -0.39 is 12.1 Å². The van der Waals surface area contributed by atoms with Gasteiger partial charge in [0.05, 0.1) is 12.7 Å². The fraction of sp³-hybridized carbons (Fsp3) is 0.667. The van der Waals surface area contributed by atoms with Crippen molar-refractivity contribution in [3.63, 3.8) is 0 Å². The number of rotatable bonds is 1. The molecule has 74 valence electrons. The van der Waals surface area contributed by atoms with Crippen LogP contribution < -0.4 is 0 Å². The molecule has 1 unspecified atom stereocenters. The number of carboxylic acids is 1. The van der Waals surface area contributed by atoms with E-state index in [-0.39, 0.29) is 13.1 Å². The highest BCUT2D eigenvalue weighted by Gasteiger charge is 1.83. The molecule has 0 radical (unpaired) electrons. The third kappa shape index (κ3) is 740. The van der Waals surface area contributed by atoms with E-state index in [4.69, 9.17) is 30.0 Å². The van der Waals surface area contributed by atoms with Gasteiger partial charge in [0, 0.05) is 6.92 Å². The predicted octanol–water partition coefficient (Wildman–Crippen LogP) is -0.849. The molecule has 0 saturated carbocycles. The monoisotopic (exact) mass is 182 g/mol. The summed E-state index contributed by atoms with van der Waals surface area (Å²) in [7, 11) is 0. The van der Waals surface area contributed by atoms with Gasteiger partial charge in [-0.25, -0.2) is 0 Å². The molecule has 0 aliphatic carbocycles. The molecular formula is C6H14O6. The summed E-state index contributed by atoms with van der Waals surface area (Å²) >= 11 is 0. The zero-order valence-electron chi connectivity index (χ0n) is 6.97. The van der Waals surface area contributed by atoms with Crippen molar-refractivity contribution in [2.24, 2.45) is 0 Å². The molecule has 0 spiro atoms. The van der Waals surface area contributed by atoms with Gasteiger partial charge >= 0.3 is 0 Å². The van der Waals surface area contributed by atoms with Crippen molar-refractivity contribution < 1.29 is 30.0 Å². The van der Waals surface area contributed by atoms with Crippen molar-refractivity contribution >= 4 is 12.4 Å². The summed E-state index contributed by atoms with van der Waals surface area (Å²) in [5, 5.41) is 30.3. The number of aliphatic hydroxyl groups excluding tert-OH is 2. The molecule has 4 N–H and O–H groups in total. The van der Waals surface area contributed by atoms with Crippen LogP contribution in [0.4, 0.5) is 0 Å². The number of hydrogen-bond donors (Lipinski definition) is 4. The highest BCUT2D eigenvalue weighted by molar-refractivity contribution is 5.62. The molecule has 6 heteroatoms. The van der Waals surface area contributed by atoms with Gasteiger partial charge in [-0.05, 0) is 6.92 Å². The van der Waals surface area contributed by atoms with Crippen LogP contribution in [0, 0.1) is 0 Å². The second-order valence-electron chi connectivity index (χ2n) is 1.66. The lowest BCUT2D eigenvalue weighted by molar-refractivity contribution is -0.134. The molecule has 0 aromatic carbocycles. The van der Waals surface area contributed by atoms with Gasteiger partial charge in [0.2, 0.25) is 0 Å². The second-order valence-corrected chi connectivity index (χ2v) is 1.66. The van der Waals surface area contributed by atoms with Crippen LogP contribution in [0.25, 0.3) is 0 Å². The summed E-state index contributed by atoms with van der Waals surface area (Å²) < 4.78 is 0. The zero-order valence-corrected chi connectivity index (χ0v) is 6.97. The quantitative estimate of drug-likeness (QED) is 0.393. The van der Waals surface area contributed by atoms with Crippen LogP contribution in [0.2, 0.25) is 0 Å². The molecule has 1 atom stereocenters. The molecule has 0 aromatic rings. The Hall–Kier alpha value is -1.14. The van der Waals surface area contributed by atoms with E-state index in [1.807, 2.05) is 0 Å². The van der Waals surface area contributed by atoms with Crippen molar-refractivity contribution in [2.45, 2.75) is 20.0 Å². The predicted molar refractivity (Wildman–Crippen MR) is 40.8 cm³/mol. The smallest absolute Gasteiger partial charge is 0.300 e. The van der Waals surface area contributed by atoms with Crippen LogP contribution >= 0.6 is 0 Å².